The van der Waals surface area contributed by atoms with Crippen molar-refractivity contribution in [1.82, 2.24) is 0 Å². The van der Waals surface area contributed by atoms with Crippen molar-refractivity contribution in [3.8, 4) is 11.5 Å². The van der Waals surface area contributed by atoms with Gasteiger partial charge in [-0.2, -0.15) is 0 Å². The van der Waals surface area contributed by atoms with Gasteiger partial charge in [-0.05, 0) is 19.1 Å². The van der Waals surface area contributed by atoms with Gasteiger partial charge in [0.1, 0.15) is 5.75 Å². The summed E-state index contributed by atoms with van der Waals surface area (Å²) < 4.78 is 23.4. The number of methoxy groups -OCH3 is 2. The number of benzene rings is 1. The van der Waals surface area contributed by atoms with E-state index in [-0.39, 0.29) is 5.75 Å². The van der Waals surface area contributed by atoms with Crippen molar-refractivity contribution < 1.29 is 19.0 Å². The summed E-state index contributed by atoms with van der Waals surface area (Å²) in [6.07, 6.45) is -0.279. The third-order valence-electron chi connectivity index (χ3n) is 2.09. The highest BCUT2D eigenvalue weighted by atomic mass is 19.1. The number of aliphatic hydroxyl groups is 1. The Kier molecular flexibility index (Phi) is 3.91. The molecule has 1 unspecified atom stereocenters. The van der Waals surface area contributed by atoms with Gasteiger partial charge in [0.05, 0.1) is 20.3 Å². The van der Waals surface area contributed by atoms with E-state index in [2.05, 4.69) is 0 Å². The molecule has 1 aromatic carbocycles. The number of halogens is 1. The van der Waals surface area contributed by atoms with Crippen LogP contribution in [-0.2, 0) is 6.42 Å². The Labute approximate surface area is 88.4 Å². The van der Waals surface area contributed by atoms with Crippen LogP contribution in [0.25, 0.3) is 0 Å². The van der Waals surface area contributed by atoms with Crippen molar-refractivity contribution in [3.05, 3.63) is 23.5 Å². The Balaban J connectivity index is 3.21. The molecule has 84 valence electrons. The molecule has 1 atom stereocenters. The van der Waals surface area contributed by atoms with Crippen molar-refractivity contribution in [3.63, 3.8) is 0 Å². The molecule has 0 aliphatic rings. The van der Waals surface area contributed by atoms with E-state index in [4.69, 9.17) is 9.47 Å². The van der Waals surface area contributed by atoms with E-state index in [0.29, 0.717) is 17.7 Å². The van der Waals surface area contributed by atoms with Crippen molar-refractivity contribution >= 4 is 0 Å². The molecule has 0 bridgehead atoms. The van der Waals surface area contributed by atoms with Gasteiger partial charge in [0.25, 0.3) is 0 Å². The maximum atomic E-state index is 13.4. The number of rotatable bonds is 4. The maximum absolute atomic E-state index is 13.4. The zero-order chi connectivity index (χ0) is 11.4. The standard InChI is InChI=1S/C11H15FO3/c1-7(13)6-8-10(14-2)5-4-9(12)11(8)15-3/h4-5,7,13H,6H2,1-3H3. The number of hydrogen-bond donors (Lipinski definition) is 1. The summed E-state index contributed by atoms with van der Waals surface area (Å²) in [7, 11) is 2.89. The molecule has 0 saturated heterocycles. The minimum atomic E-state index is -0.574. The van der Waals surface area contributed by atoms with Gasteiger partial charge >= 0.3 is 0 Å². The van der Waals surface area contributed by atoms with Gasteiger partial charge in [0, 0.05) is 12.0 Å². The van der Waals surface area contributed by atoms with Crippen LogP contribution >= 0.6 is 0 Å². The molecule has 0 fully saturated rings. The Morgan fingerprint density at radius 2 is 2.00 bits per heavy atom. The normalized spacial score (nSPS) is 12.3. The Morgan fingerprint density at radius 3 is 2.47 bits per heavy atom. The zero-order valence-corrected chi connectivity index (χ0v) is 9.08. The first kappa shape index (κ1) is 11.8. The van der Waals surface area contributed by atoms with Crippen LogP contribution in [0.5, 0.6) is 11.5 Å². The zero-order valence-electron chi connectivity index (χ0n) is 9.08. The van der Waals surface area contributed by atoms with E-state index in [1.165, 1.54) is 26.4 Å². The third kappa shape index (κ3) is 2.59. The quantitative estimate of drug-likeness (QED) is 0.830. The highest BCUT2D eigenvalue weighted by molar-refractivity contribution is 5.46. The predicted molar refractivity (Wildman–Crippen MR) is 54.9 cm³/mol. The lowest BCUT2D eigenvalue weighted by Gasteiger charge is -2.14. The highest BCUT2D eigenvalue weighted by Gasteiger charge is 2.16. The lowest BCUT2D eigenvalue weighted by Crippen LogP contribution is -2.08. The Bertz CT molecular complexity index is 337. The molecule has 0 aromatic heterocycles. The molecule has 0 aliphatic heterocycles. The smallest absolute Gasteiger partial charge is 0.165 e. The molecule has 0 amide bonds. The molecular formula is C11H15FO3. The monoisotopic (exact) mass is 214 g/mol. The van der Waals surface area contributed by atoms with Crippen LogP contribution in [0.1, 0.15) is 12.5 Å². The van der Waals surface area contributed by atoms with Crippen molar-refractivity contribution in [2.24, 2.45) is 0 Å². The summed E-state index contributed by atoms with van der Waals surface area (Å²) in [5.74, 6) is 0.207. The summed E-state index contributed by atoms with van der Waals surface area (Å²) in [6, 6.07) is 2.80. The summed E-state index contributed by atoms with van der Waals surface area (Å²) in [5, 5.41) is 9.30. The van der Waals surface area contributed by atoms with Gasteiger partial charge in [0.15, 0.2) is 11.6 Å². The molecular weight excluding hydrogens is 199 g/mol. The van der Waals surface area contributed by atoms with Crippen molar-refractivity contribution in [2.75, 3.05) is 14.2 Å². The second kappa shape index (κ2) is 4.98. The van der Waals surface area contributed by atoms with Crippen LogP contribution in [0, 0.1) is 5.82 Å². The number of ether oxygens (including phenoxy) is 2. The molecule has 1 rings (SSSR count). The van der Waals surface area contributed by atoms with Crippen LogP contribution in [0.15, 0.2) is 12.1 Å². The first-order valence-corrected chi connectivity index (χ1v) is 4.67. The van der Waals surface area contributed by atoms with E-state index in [1.807, 2.05) is 0 Å². The van der Waals surface area contributed by atoms with Gasteiger partial charge in [-0.25, -0.2) is 4.39 Å². The van der Waals surface area contributed by atoms with Gasteiger partial charge < -0.3 is 14.6 Å². The molecule has 3 nitrogen and oxygen atoms in total. The van der Waals surface area contributed by atoms with Gasteiger partial charge in [-0.15, -0.1) is 0 Å². The lowest BCUT2D eigenvalue weighted by atomic mass is 10.1. The van der Waals surface area contributed by atoms with E-state index < -0.39 is 11.9 Å². The van der Waals surface area contributed by atoms with Crippen LogP contribution in [-0.4, -0.2) is 25.4 Å². The van der Waals surface area contributed by atoms with Crippen LogP contribution in [0.4, 0.5) is 4.39 Å². The third-order valence-corrected chi connectivity index (χ3v) is 2.09. The largest absolute Gasteiger partial charge is 0.496 e. The number of aliphatic hydroxyl groups excluding tert-OH is 1. The maximum Gasteiger partial charge on any atom is 0.165 e. The molecule has 0 aliphatic carbocycles. The van der Waals surface area contributed by atoms with Crippen molar-refractivity contribution in [1.29, 1.82) is 0 Å². The van der Waals surface area contributed by atoms with Crippen LogP contribution in [0.3, 0.4) is 0 Å². The first-order valence-electron chi connectivity index (χ1n) is 4.67. The molecule has 1 N–H and O–H groups in total. The lowest BCUT2D eigenvalue weighted by molar-refractivity contribution is 0.192. The summed E-state index contributed by atoms with van der Waals surface area (Å²) in [5.41, 5.74) is 0.551. The SMILES string of the molecule is COc1ccc(F)c(OC)c1CC(C)O. The fourth-order valence-corrected chi connectivity index (χ4v) is 1.48. The predicted octanol–water partition coefficient (Wildman–Crippen LogP) is 1.77. The Morgan fingerprint density at radius 1 is 1.33 bits per heavy atom. The molecule has 0 heterocycles. The van der Waals surface area contributed by atoms with Crippen molar-refractivity contribution in [2.45, 2.75) is 19.4 Å². The summed E-state index contributed by atoms with van der Waals surface area (Å²) >= 11 is 0. The average molecular weight is 214 g/mol. The second-order valence-corrected chi connectivity index (χ2v) is 3.31. The van der Waals surface area contributed by atoms with Gasteiger partial charge in [0.2, 0.25) is 0 Å². The van der Waals surface area contributed by atoms with E-state index in [0.717, 1.165) is 0 Å². The second-order valence-electron chi connectivity index (χ2n) is 3.31. The van der Waals surface area contributed by atoms with Gasteiger partial charge in [-0.3, -0.25) is 0 Å². The molecule has 4 heteroatoms. The minimum Gasteiger partial charge on any atom is -0.496 e. The van der Waals surface area contributed by atoms with Crippen LogP contribution < -0.4 is 9.47 Å². The van der Waals surface area contributed by atoms with Crippen LogP contribution in [0.2, 0.25) is 0 Å². The summed E-state index contributed by atoms with van der Waals surface area (Å²) in [4.78, 5) is 0. The minimum absolute atomic E-state index is 0.134. The van der Waals surface area contributed by atoms with E-state index in [1.54, 1.807) is 6.92 Å². The summed E-state index contributed by atoms with van der Waals surface area (Å²) in [6.45, 7) is 1.63. The molecule has 0 saturated carbocycles. The highest BCUT2D eigenvalue weighted by Crippen LogP contribution is 2.32. The van der Waals surface area contributed by atoms with E-state index >= 15 is 0 Å². The van der Waals surface area contributed by atoms with Gasteiger partial charge in [-0.1, -0.05) is 0 Å². The number of hydrogen-bond acceptors (Lipinski definition) is 3. The molecule has 0 spiro atoms. The van der Waals surface area contributed by atoms with E-state index in [9.17, 15) is 9.50 Å². The topological polar surface area (TPSA) is 38.7 Å². The molecule has 15 heavy (non-hydrogen) atoms. The fraction of sp³-hybridized carbons (Fsp3) is 0.455. The average Bonchev–Trinajstić information content (AvgIpc) is 2.18. The first-order chi connectivity index (χ1) is 7.10. The fourth-order valence-electron chi connectivity index (χ4n) is 1.48. The Hall–Kier alpha value is -1.29. The molecule has 1 aromatic rings. The molecule has 0 radical (unpaired) electrons.